The van der Waals surface area contributed by atoms with E-state index in [0.29, 0.717) is 0 Å². The van der Waals surface area contributed by atoms with Crippen LogP contribution < -0.4 is 0 Å². The number of aryl methyl sites for hydroxylation is 1. The van der Waals surface area contributed by atoms with E-state index in [1.165, 1.54) is 5.56 Å². The Hall–Kier alpha value is -1.72. The SMILES string of the molecule is CCn1cc(CN2C[C@@H](Cc3ccccn3)[C@H](O)C2)cn1. The second-order valence-electron chi connectivity index (χ2n) is 5.75. The molecule has 5 heteroatoms. The molecule has 2 aromatic rings. The van der Waals surface area contributed by atoms with Crippen LogP contribution in [0.1, 0.15) is 18.2 Å². The van der Waals surface area contributed by atoms with Crippen LogP contribution in [0.4, 0.5) is 0 Å². The molecule has 0 aliphatic carbocycles. The van der Waals surface area contributed by atoms with Crippen LogP contribution in [0.25, 0.3) is 0 Å². The molecule has 3 rings (SSSR count). The molecule has 2 atom stereocenters. The molecule has 0 bridgehead atoms. The second-order valence-corrected chi connectivity index (χ2v) is 5.75. The lowest BCUT2D eigenvalue weighted by atomic mass is 10.00. The quantitative estimate of drug-likeness (QED) is 0.901. The Kier molecular flexibility index (Phi) is 4.31. The maximum atomic E-state index is 10.3. The third-order valence-corrected chi connectivity index (χ3v) is 4.10. The molecule has 5 nitrogen and oxygen atoms in total. The van der Waals surface area contributed by atoms with Crippen LogP contribution in [-0.2, 0) is 19.5 Å². The van der Waals surface area contributed by atoms with E-state index in [9.17, 15) is 5.11 Å². The highest BCUT2D eigenvalue weighted by atomic mass is 16.3. The largest absolute Gasteiger partial charge is 0.391 e. The molecule has 0 aromatic carbocycles. The van der Waals surface area contributed by atoms with Gasteiger partial charge >= 0.3 is 0 Å². The fraction of sp³-hybridized carbons (Fsp3) is 0.500. The van der Waals surface area contributed by atoms with Crippen molar-refractivity contribution in [2.75, 3.05) is 13.1 Å². The summed E-state index contributed by atoms with van der Waals surface area (Å²) >= 11 is 0. The van der Waals surface area contributed by atoms with Crippen LogP contribution in [0.15, 0.2) is 36.8 Å². The standard InChI is InChI=1S/C16H22N4O/c1-2-20-10-13(8-18-20)9-19-11-14(16(21)12-19)7-15-5-3-4-6-17-15/h3-6,8,10,14,16,21H,2,7,9,11-12H2,1H3/t14-,16-/m1/s1. The van der Waals surface area contributed by atoms with Crippen molar-refractivity contribution >= 4 is 0 Å². The first-order valence-corrected chi connectivity index (χ1v) is 7.56. The van der Waals surface area contributed by atoms with Gasteiger partial charge < -0.3 is 5.11 Å². The maximum Gasteiger partial charge on any atom is 0.0711 e. The molecule has 2 aromatic heterocycles. The van der Waals surface area contributed by atoms with Crippen molar-refractivity contribution < 1.29 is 5.11 Å². The number of hydrogen-bond acceptors (Lipinski definition) is 4. The van der Waals surface area contributed by atoms with Crippen LogP contribution in [0.5, 0.6) is 0 Å². The predicted molar refractivity (Wildman–Crippen MR) is 80.6 cm³/mol. The van der Waals surface area contributed by atoms with E-state index in [1.54, 1.807) is 0 Å². The molecule has 0 spiro atoms. The molecule has 1 N–H and O–H groups in total. The third kappa shape index (κ3) is 3.49. The van der Waals surface area contributed by atoms with Gasteiger partial charge in [0.15, 0.2) is 0 Å². The summed E-state index contributed by atoms with van der Waals surface area (Å²) in [6, 6.07) is 5.95. The molecule has 112 valence electrons. The van der Waals surface area contributed by atoms with Crippen molar-refractivity contribution in [2.45, 2.75) is 32.5 Å². The molecule has 1 aliphatic rings. The van der Waals surface area contributed by atoms with Gasteiger partial charge in [0.1, 0.15) is 0 Å². The summed E-state index contributed by atoms with van der Waals surface area (Å²) < 4.78 is 1.94. The smallest absolute Gasteiger partial charge is 0.0711 e. The van der Waals surface area contributed by atoms with E-state index in [4.69, 9.17) is 0 Å². The third-order valence-electron chi connectivity index (χ3n) is 4.10. The normalized spacial score (nSPS) is 22.8. The van der Waals surface area contributed by atoms with Gasteiger partial charge in [-0.3, -0.25) is 14.6 Å². The zero-order valence-corrected chi connectivity index (χ0v) is 12.4. The first kappa shape index (κ1) is 14.2. The number of likely N-dealkylation sites (tertiary alicyclic amines) is 1. The minimum Gasteiger partial charge on any atom is -0.391 e. The molecule has 0 unspecified atom stereocenters. The van der Waals surface area contributed by atoms with Crippen molar-refractivity contribution in [1.82, 2.24) is 19.7 Å². The van der Waals surface area contributed by atoms with Gasteiger partial charge in [-0.05, 0) is 25.5 Å². The highest BCUT2D eigenvalue weighted by Crippen LogP contribution is 2.22. The number of hydrogen-bond donors (Lipinski definition) is 1. The van der Waals surface area contributed by atoms with Crippen molar-refractivity contribution in [3.8, 4) is 0 Å². The van der Waals surface area contributed by atoms with Gasteiger partial charge in [-0.25, -0.2) is 0 Å². The Bertz CT molecular complexity index is 569. The minimum atomic E-state index is -0.270. The Morgan fingerprint density at radius 3 is 2.95 bits per heavy atom. The Morgan fingerprint density at radius 1 is 1.33 bits per heavy atom. The number of nitrogens with zero attached hydrogens (tertiary/aromatic N) is 4. The van der Waals surface area contributed by atoms with E-state index in [0.717, 1.165) is 38.3 Å². The molecule has 0 amide bonds. The highest BCUT2D eigenvalue weighted by molar-refractivity contribution is 5.08. The summed E-state index contributed by atoms with van der Waals surface area (Å²) in [5.41, 5.74) is 2.27. The minimum absolute atomic E-state index is 0.265. The maximum absolute atomic E-state index is 10.3. The lowest BCUT2D eigenvalue weighted by molar-refractivity contribution is 0.140. The van der Waals surface area contributed by atoms with E-state index < -0.39 is 0 Å². The summed E-state index contributed by atoms with van der Waals surface area (Å²) in [6.07, 6.45) is 6.38. The topological polar surface area (TPSA) is 54.2 Å². The zero-order chi connectivity index (χ0) is 14.7. The Labute approximate surface area is 125 Å². The van der Waals surface area contributed by atoms with Gasteiger partial charge in [-0.1, -0.05) is 6.07 Å². The van der Waals surface area contributed by atoms with Gasteiger partial charge in [0.05, 0.1) is 12.3 Å². The van der Waals surface area contributed by atoms with Crippen LogP contribution in [-0.4, -0.2) is 44.0 Å². The Balaban J connectivity index is 1.58. The van der Waals surface area contributed by atoms with Crippen LogP contribution in [0.2, 0.25) is 0 Å². The van der Waals surface area contributed by atoms with Crippen molar-refractivity contribution in [1.29, 1.82) is 0 Å². The van der Waals surface area contributed by atoms with E-state index in [2.05, 4.69) is 28.1 Å². The molecular weight excluding hydrogens is 264 g/mol. The molecule has 0 saturated carbocycles. The number of aromatic nitrogens is 3. The van der Waals surface area contributed by atoms with Gasteiger partial charge in [0.2, 0.25) is 0 Å². The predicted octanol–water partition coefficient (Wildman–Crippen LogP) is 1.33. The average Bonchev–Trinajstić information content (AvgIpc) is 3.08. The molecule has 1 fully saturated rings. The molecular formula is C16H22N4O. The fourth-order valence-electron chi connectivity index (χ4n) is 2.98. The summed E-state index contributed by atoms with van der Waals surface area (Å²) in [4.78, 5) is 6.66. The number of aliphatic hydroxyl groups is 1. The van der Waals surface area contributed by atoms with Crippen molar-refractivity contribution in [2.24, 2.45) is 5.92 Å². The number of β-amino-alcohol motifs (C(OH)–C–C–N with tert-alkyl or cyclic N) is 1. The van der Waals surface area contributed by atoms with Crippen molar-refractivity contribution in [3.05, 3.63) is 48.0 Å². The first-order chi connectivity index (χ1) is 10.2. The summed E-state index contributed by atoms with van der Waals surface area (Å²) in [5, 5.41) is 14.6. The number of aliphatic hydroxyl groups excluding tert-OH is 1. The number of pyridine rings is 1. The van der Waals surface area contributed by atoms with Gasteiger partial charge in [0, 0.05) is 55.7 Å². The monoisotopic (exact) mass is 286 g/mol. The van der Waals surface area contributed by atoms with Crippen molar-refractivity contribution in [3.63, 3.8) is 0 Å². The zero-order valence-electron chi connectivity index (χ0n) is 12.4. The molecule has 21 heavy (non-hydrogen) atoms. The van der Waals surface area contributed by atoms with Crippen LogP contribution >= 0.6 is 0 Å². The fourth-order valence-corrected chi connectivity index (χ4v) is 2.98. The first-order valence-electron chi connectivity index (χ1n) is 7.56. The average molecular weight is 286 g/mol. The van der Waals surface area contributed by atoms with E-state index >= 15 is 0 Å². The van der Waals surface area contributed by atoms with Crippen LogP contribution in [0, 0.1) is 5.92 Å². The van der Waals surface area contributed by atoms with Crippen LogP contribution in [0.3, 0.4) is 0 Å². The van der Waals surface area contributed by atoms with E-state index in [-0.39, 0.29) is 12.0 Å². The van der Waals surface area contributed by atoms with Gasteiger partial charge in [0.25, 0.3) is 0 Å². The summed E-state index contributed by atoms with van der Waals surface area (Å²) in [5.74, 6) is 0.265. The molecule has 0 radical (unpaired) electrons. The summed E-state index contributed by atoms with van der Waals surface area (Å²) in [7, 11) is 0. The number of rotatable bonds is 5. The van der Waals surface area contributed by atoms with Gasteiger partial charge in [-0.2, -0.15) is 5.10 Å². The summed E-state index contributed by atoms with van der Waals surface area (Å²) in [6.45, 7) is 5.48. The molecule has 1 saturated heterocycles. The molecule has 1 aliphatic heterocycles. The Morgan fingerprint density at radius 2 is 2.24 bits per heavy atom. The van der Waals surface area contributed by atoms with E-state index in [1.807, 2.05) is 35.3 Å². The lowest BCUT2D eigenvalue weighted by Crippen LogP contribution is -2.21. The second kappa shape index (κ2) is 6.37. The molecule has 3 heterocycles. The van der Waals surface area contributed by atoms with Gasteiger partial charge in [-0.15, -0.1) is 0 Å². The lowest BCUT2D eigenvalue weighted by Gasteiger charge is -2.14. The highest BCUT2D eigenvalue weighted by Gasteiger charge is 2.31.